The molecule has 1 aromatic carbocycles. The number of fused-ring (bicyclic) bond motifs is 2. The van der Waals surface area contributed by atoms with E-state index in [4.69, 9.17) is 0 Å². The van der Waals surface area contributed by atoms with E-state index in [0.717, 1.165) is 42.1 Å². The van der Waals surface area contributed by atoms with Crippen LogP contribution >= 0.6 is 11.5 Å². The van der Waals surface area contributed by atoms with Gasteiger partial charge in [-0.1, -0.05) is 12.1 Å². The van der Waals surface area contributed by atoms with Crippen molar-refractivity contribution in [3.63, 3.8) is 0 Å². The minimum Gasteiger partial charge on any atom is -0.353 e. The topological polar surface area (TPSA) is 57.5 Å². The van der Waals surface area contributed by atoms with Crippen LogP contribution in [-0.2, 0) is 19.6 Å². The molecule has 5 rings (SSSR count). The number of hydrogen-bond acceptors (Lipinski definition) is 6. The zero-order chi connectivity index (χ0) is 22.5. The smallest absolute Gasteiger partial charge is 0.353 e. The number of hydrogen-bond donors (Lipinski definition) is 0. The average Bonchev–Trinajstić information content (AvgIpc) is 3.34. The highest BCUT2D eigenvalue weighted by Crippen LogP contribution is 2.35. The molecule has 0 atom stereocenters. The van der Waals surface area contributed by atoms with Gasteiger partial charge in [0.1, 0.15) is 5.82 Å². The first kappa shape index (κ1) is 21.2. The number of rotatable bonds is 4. The normalized spacial score (nSPS) is 17.9. The molecule has 0 N–H and O–H groups in total. The van der Waals surface area contributed by atoms with Crippen LogP contribution in [0.5, 0.6) is 0 Å². The third kappa shape index (κ3) is 3.73. The fourth-order valence-corrected chi connectivity index (χ4v) is 5.36. The summed E-state index contributed by atoms with van der Waals surface area (Å²) in [5, 5.41) is 5.10. The Morgan fingerprint density at radius 2 is 1.81 bits per heavy atom. The van der Waals surface area contributed by atoms with Crippen LogP contribution in [0.25, 0.3) is 10.1 Å². The maximum absolute atomic E-state index is 13.4. The summed E-state index contributed by atoms with van der Waals surface area (Å²) < 4.78 is 46.9. The van der Waals surface area contributed by atoms with E-state index in [9.17, 15) is 18.0 Å². The molecular weight excluding hydrogens is 441 g/mol. The molecule has 0 spiro atoms. The highest BCUT2D eigenvalue weighted by molar-refractivity contribution is 7.13. The molecule has 170 valence electrons. The molecule has 0 bridgehead atoms. The molecule has 32 heavy (non-hydrogen) atoms. The van der Waals surface area contributed by atoms with Gasteiger partial charge >= 0.3 is 6.18 Å². The van der Waals surface area contributed by atoms with E-state index in [0.29, 0.717) is 26.1 Å². The number of aryl methyl sites for hydroxylation is 1. The van der Waals surface area contributed by atoms with Gasteiger partial charge in [-0.15, -0.1) is 0 Å². The third-order valence-corrected chi connectivity index (χ3v) is 7.04. The predicted octanol–water partition coefficient (Wildman–Crippen LogP) is 2.87. The van der Waals surface area contributed by atoms with Crippen LogP contribution in [0.3, 0.4) is 0 Å². The molecule has 1 amide bonds. The van der Waals surface area contributed by atoms with Crippen LogP contribution in [0.15, 0.2) is 24.3 Å². The lowest BCUT2D eigenvalue weighted by atomic mass is 10.0. The number of benzene rings is 1. The van der Waals surface area contributed by atoms with E-state index < -0.39 is 17.8 Å². The summed E-state index contributed by atoms with van der Waals surface area (Å²) in [5.74, 6) is 0.444. The van der Waals surface area contributed by atoms with Gasteiger partial charge in [0.2, 0.25) is 0 Å². The Kier molecular flexibility index (Phi) is 5.32. The molecule has 2 aliphatic rings. The number of aromatic nitrogens is 3. The molecule has 1 fully saturated rings. The molecule has 0 unspecified atom stereocenters. The van der Waals surface area contributed by atoms with E-state index >= 15 is 0 Å². The van der Waals surface area contributed by atoms with Gasteiger partial charge in [0.15, 0.2) is 5.69 Å². The number of halogens is 3. The van der Waals surface area contributed by atoms with Crippen LogP contribution in [-0.4, -0.2) is 75.7 Å². The predicted molar refractivity (Wildman–Crippen MR) is 116 cm³/mol. The van der Waals surface area contributed by atoms with Gasteiger partial charge in [0.05, 0.1) is 16.0 Å². The molecule has 0 radical (unpaired) electrons. The lowest BCUT2D eigenvalue weighted by molar-refractivity contribution is -0.144. The van der Waals surface area contributed by atoms with Crippen LogP contribution in [0.2, 0.25) is 0 Å². The second kappa shape index (κ2) is 8.04. The number of piperazine rings is 1. The number of anilines is 1. The van der Waals surface area contributed by atoms with Crippen molar-refractivity contribution in [2.45, 2.75) is 12.6 Å². The molecule has 11 heteroatoms. The van der Waals surface area contributed by atoms with Gasteiger partial charge < -0.3 is 9.80 Å². The van der Waals surface area contributed by atoms with Gasteiger partial charge in [-0.05, 0) is 23.7 Å². The van der Waals surface area contributed by atoms with Crippen molar-refractivity contribution in [1.82, 2.24) is 24.0 Å². The Morgan fingerprint density at radius 1 is 1.06 bits per heavy atom. The Labute approximate surface area is 187 Å². The number of amides is 1. The SMILES string of the molecule is Cn1nc2c(c1C(F)(F)F)C(=O)N(CCN1CCN(c3nsc4ccccc34)CC1)CC2. The summed E-state index contributed by atoms with van der Waals surface area (Å²) in [6.07, 6.45) is -4.26. The molecule has 0 saturated carbocycles. The number of carbonyl (C=O) groups is 1. The number of nitrogens with zero attached hydrogens (tertiary/aromatic N) is 6. The fourth-order valence-electron chi connectivity index (χ4n) is 4.56. The Hall–Kier alpha value is -2.66. The summed E-state index contributed by atoms with van der Waals surface area (Å²) in [6, 6.07) is 8.19. The molecule has 2 aliphatic heterocycles. The Morgan fingerprint density at radius 3 is 2.56 bits per heavy atom. The van der Waals surface area contributed by atoms with Gasteiger partial charge in [-0.3, -0.25) is 14.4 Å². The second-order valence-corrected chi connectivity index (χ2v) is 8.97. The molecule has 1 saturated heterocycles. The van der Waals surface area contributed by atoms with Crippen molar-refractivity contribution in [2.75, 3.05) is 50.7 Å². The van der Waals surface area contributed by atoms with Crippen molar-refractivity contribution < 1.29 is 18.0 Å². The van der Waals surface area contributed by atoms with Crippen molar-refractivity contribution in [3.8, 4) is 0 Å². The third-order valence-electron chi connectivity index (χ3n) is 6.22. The minimum atomic E-state index is -4.61. The maximum atomic E-state index is 13.4. The molecule has 7 nitrogen and oxygen atoms in total. The Bertz CT molecular complexity index is 1150. The molecule has 3 aromatic rings. The Balaban J connectivity index is 1.20. The summed E-state index contributed by atoms with van der Waals surface area (Å²) in [4.78, 5) is 18.9. The molecular formula is C21H23F3N6OS. The van der Waals surface area contributed by atoms with Gasteiger partial charge in [-0.2, -0.15) is 22.6 Å². The van der Waals surface area contributed by atoms with Crippen molar-refractivity contribution in [2.24, 2.45) is 7.05 Å². The van der Waals surface area contributed by atoms with E-state index in [2.05, 4.69) is 31.4 Å². The quantitative estimate of drug-likeness (QED) is 0.595. The van der Waals surface area contributed by atoms with E-state index in [-0.39, 0.29) is 11.3 Å². The van der Waals surface area contributed by atoms with E-state index in [1.54, 1.807) is 0 Å². The maximum Gasteiger partial charge on any atom is 0.433 e. The van der Waals surface area contributed by atoms with Crippen LogP contribution in [0, 0.1) is 0 Å². The molecule has 0 aliphatic carbocycles. The molecule has 4 heterocycles. The van der Waals surface area contributed by atoms with Crippen molar-refractivity contribution >= 4 is 33.3 Å². The first-order chi connectivity index (χ1) is 15.3. The lowest BCUT2D eigenvalue weighted by Crippen LogP contribution is -2.50. The largest absolute Gasteiger partial charge is 0.433 e. The van der Waals surface area contributed by atoms with Gasteiger partial charge in [0, 0.05) is 64.7 Å². The summed E-state index contributed by atoms with van der Waals surface area (Å²) in [5.41, 5.74) is -0.997. The highest BCUT2D eigenvalue weighted by atomic mass is 32.1. The van der Waals surface area contributed by atoms with E-state index in [1.165, 1.54) is 28.2 Å². The second-order valence-electron chi connectivity index (χ2n) is 8.16. The first-order valence-electron chi connectivity index (χ1n) is 10.6. The monoisotopic (exact) mass is 464 g/mol. The fraction of sp³-hybridized carbons (Fsp3) is 0.476. The van der Waals surface area contributed by atoms with E-state index in [1.807, 2.05) is 12.1 Å². The van der Waals surface area contributed by atoms with Crippen molar-refractivity contribution in [3.05, 3.63) is 41.2 Å². The lowest BCUT2D eigenvalue weighted by Gasteiger charge is -2.36. The van der Waals surface area contributed by atoms with Crippen LogP contribution in [0.1, 0.15) is 21.7 Å². The standard InChI is InChI=1S/C21H23F3N6OS/c1-27-18(21(22,23)24)17-15(25-27)6-7-30(20(17)31)13-10-28-8-11-29(12-9-28)19-14-4-2-3-5-16(14)32-26-19/h2-5H,6-13H2,1H3. The van der Waals surface area contributed by atoms with Gasteiger partial charge in [-0.25, -0.2) is 0 Å². The van der Waals surface area contributed by atoms with Crippen LogP contribution < -0.4 is 4.90 Å². The summed E-state index contributed by atoms with van der Waals surface area (Å²) >= 11 is 1.50. The first-order valence-corrected chi connectivity index (χ1v) is 11.3. The summed E-state index contributed by atoms with van der Waals surface area (Å²) in [7, 11) is 1.24. The van der Waals surface area contributed by atoms with Crippen molar-refractivity contribution in [1.29, 1.82) is 0 Å². The highest BCUT2D eigenvalue weighted by Gasteiger charge is 2.43. The average molecular weight is 465 g/mol. The minimum absolute atomic E-state index is 0.241. The van der Waals surface area contributed by atoms with Crippen LogP contribution in [0.4, 0.5) is 19.0 Å². The number of alkyl halides is 3. The zero-order valence-corrected chi connectivity index (χ0v) is 18.4. The summed E-state index contributed by atoms with van der Waals surface area (Å²) in [6.45, 7) is 4.72. The zero-order valence-electron chi connectivity index (χ0n) is 17.6. The van der Waals surface area contributed by atoms with Gasteiger partial charge in [0.25, 0.3) is 5.91 Å². The number of carbonyl (C=O) groups excluding carboxylic acids is 1. The molecule has 2 aromatic heterocycles.